The van der Waals surface area contributed by atoms with Crippen LogP contribution in [0.15, 0.2) is 24.3 Å². The van der Waals surface area contributed by atoms with Crippen LogP contribution in [0, 0.1) is 5.92 Å². The van der Waals surface area contributed by atoms with Gasteiger partial charge < -0.3 is 10.1 Å². The molecule has 2 fully saturated rings. The largest absolute Gasteiger partial charge is 0.466 e. The molecule has 5 nitrogen and oxygen atoms in total. The number of carbonyl (C=O) groups excluding carboxylic acids is 1. The predicted octanol–water partition coefficient (Wildman–Crippen LogP) is 4.51. The number of ether oxygens (including phenoxy) is 1. The Bertz CT molecular complexity index is 775. The lowest BCUT2D eigenvalue weighted by molar-refractivity contribution is -0.149. The molecule has 2 aliphatic rings. The highest BCUT2D eigenvalue weighted by molar-refractivity contribution is 7.14. The normalized spacial score (nSPS) is 23.5. The number of esters is 1. The van der Waals surface area contributed by atoms with Gasteiger partial charge in [-0.2, -0.15) is 0 Å². The zero-order chi connectivity index (χ0) is 19.3. The molecule has 1 aliphatic carbocycles. The lowest BCUT2D eigenvalue weighted by Crippen LogP contribution is -2.26. The molecule has 0 amide bonds. The van der Waals surface area contributed by atoms with Gasteiger partial charge in [0, 0.05) is 11.5 Å². The molecular formula is C22H29N3O2S. The molecule has 2 aromatic rings. The molecule has 1 N–H and O–H groups in total. The second-order valence-electron chi connectivity index (χ2n) is 7.89. The standard InChI is InChI=1S/C22H29N3O2S/c1-2-27-22(26)19-9-7-18(8-10-19)21-25-24-20(28-21)17-5-3-15(4-6-17)16-11-13-23-14-12-16/h3-6,16,18-19,23H,2,7-14H2,1H3. The van der Waals surface area contributed by atoms with Crippen molar-refractivity contribution in [3.63, 3.8) is 0 Å². The van der Waals surface area contributed by atoms with E-state index >= 15 is 0 Å². The van der Waals surface area contributed by atoms with Gasteiger partial charge in [-0.15, -0.1) is 10.2 Å². The fraction of sp³-hybridized carbons (Fsp3) is 0.591. The summed E-state index contributed by atoms with van der Waals surface area (Å²) in [6.07, 6.45) is 6.21. The van der Waals surface area contributed by atoms with Crippen LogP contribution in [0.25, 0.3) is 10.6 Å². The highest BCUT2D eigenvalue weighted by Crippen LogP contribution is 2.39. The second kappa shape index (κ2) is 9.14. The van der Waals surface area contributed by atoms with Crippen molar-refractivity contribution < 1.29 is 9.53 Å². The maximum atomic E-state index is 11.9. The summed E-state index contributed by atoms with van der Waals surface area (Å²) in [5, 5.41) is 14.5. The molecule has 0 unspecified atom stereocenters. The van der Waals surface area contributed by atoms with Gasteiger partial charge in [-0.1, -0.05) is 35.6 Å². The van der Waals surface area contributed by atoms with E-state index in [9.17, 15) is 4.79 Å². The maximum absolute atomic E-state index is 11.9. The topological polar surface area (TPSA) is 64.1 Å². The Morgan fingerprint density at radius 2 is 1.75 bits per heavy atom. The molecule has 0 atom stereocenters. The smallest absolute Gasteiger partial charge is 0.308 e. The van der Waals surface area contributed by atoms with Crippen LogP contribution in [-0.2, 0) is 9.53 Å². The van der Waals surface area contributed by atoms with Gasteiger partial charge in [0.1, 0.15) is 10.0 Å². The van der Waals surface area contributed by atoms with E-state index in [1.54, 1.807) is 11.3 Å². The third-order valence-corrected chi connectivity index (χ3v) is 7.24. The van der Waals surface area contributed by atoms with Crippen molar-refractivity contribution in [3.05, 3.63) is 34.8 Å². The minimum absolute atomic E-state index is 0.0345. The quantitative estimate of drug-likeness (QED) is 0.750. The summed E-state index contributed by atoms with van der Waals surface area (Å²) < 4.78 is 5.17. The van der Waals surface area contributed by atoms with Crippen LogP contribution >= 0.6 is 11.3 Å². The fourth-order valence-corrected chi connectivity index (χ4v) is 5.42. The number of aromatic nitrogens is 2. The van der Waals surface area contributed by atoms with Crippen LogP contribution < -0.4 is 5.32 Å². The number of benzene rings is 1. The highest BCUT2D eigenvalue weighted by atomic mass is 32.1. The van der Waals surface area contributed by atoms with E-state index in [0.29, 0.717) is 18.4 Å². The number of hydrogen-bond acceptors (Lipinski definition) is 6. The number of nitrogens with one attached hydrogen (secondary N) is 1. The van der Waals surface area contributed by atoms with Crippen LogP contribution in [0.4, 0.5) is 0 Å². The SMILES string of the molecule is CCOC(=O)C1CCC(c2nnc(-c3ccc(C4CCNCC4)cc3)s2)CC1. The van der Waals surface area contributed by atoms with Gasteiger partial charge in [-0.05, 0) is 70.0 Å². The van der Waals surface area contributed by atoms with Crippen LogP contribution in [0.5, 0.6) is 0 Å². The third kappa shape index (κ3) is 4.44. The Labute approximate surface area is 170 Å². The van der Waals surface area contributed by atoms with Crippen LogP contribution in [0.1, 0.15) is 67.9 Å². The van der Waals surface area contributed by atoms with Gasteiger partial charge in [-0.3, -0.25) is 4.79 Å². The van der Waals surface area contributed by atoms with E-state index < -0.39 is 0 Å². The first-order valence-corrected chi connectivity index (χ1v) is 11.4. The Morgan fingerprint density at radius 3 is 2.43 bits per heavy atom. The van der Waals surface area contributed by atoms with Crippen LogP contribution in [0.3, 0.4) is 0 Å². The van der Waals surface area contributed by atoms with Crippen molar-refractivity contribution >= 4 is 17.3 Å². The lowest BCUT2D eigenvalue weighted by Gasteiger charge is -2.25. The summed E-state index contributed by atoms with van der Waals surface area (Å²) in [6, 6.07) is 8.91. The number of carbonyl (C=O) groups is 1. The number of piperidine rings is 1. The van der Waals surface area contributed by atoms with Gasteiger partial charge in [-0.25, -0.2) is 0 Å². The van der Waals surface area contributed by atoms with Crippen molar-refractivity contribution in [3.8, 4) is 10.6 Å². The minimum Gasteiger partial charge on any atom is -0.466 e. The molecular weight excluding hydrogens is 370 g/mol. The van der Waals surface area contributed by atoms with E-state index in [0.717, 1.165) is 54.4 Å². The summed E-state index contributed by atoms with van der Waals surface area (Å²) in [5.74, 6) is 1.12. The van der Waals surface area contributed by atoms with Crippen molar-refractivity contribution in [2.24, 2.45) is 5.92 Å². The highest BCUT2D eigenvalue weighted by Gasteiger charge is 2.29. The molecule has 150 valence electrons. The van der Waals surface area contributed by atoms with Gasteiger partial charge in [0.2, 0.25) is 0 Å². The molecule has 2 heterocycles. The predicted molar refractivity (Wildman–Crippen MR) is 112 cm³/mol. The van der Waals surface area contributed by atoms with E-state index in [1.165, 1.54) is 18.4 Å². The first-order valence-electron chi connectivity index (χ1n) is 10.6. The van der Waals surface area contributed by atoms with E-state index in [-0.39, 0.29) is 11.9 Å². The minimum atomic E-state index is -0.0345. The van der Waals surface area contributed by atoms with Crippen molar-refractivity contribution in [2.45, 2.75) is 57.3 Å². The molecule has 1 aromatic carbocycles. The molecule has 28 heavy (non-hydrogen) atoms. The molecule has 4 rings (SSSR count). The lowest BCUT2D eigenvalue weighted by atomic mass is 9.82. The van der Waals surface area contributed by atoms with Crippen LogP contribution in [-0.4, -0.2) is 35.9 Å². The Balaban J connectivity index is 1.37. The molecule has 1 saturated heterocycles. The van der Waals surface area contributed by atoms with Gasteiger partial charge in [0.25, 0.3) is 0 Å². The number of nitrogens with zero attached hydrogens (tertiary/aromatic N) is 2. The zero-order valence-electron chi connectivity index (χ0n) is 16.5. The molecule has 0 radical (unpaired) electrons. The first kappa shape index (κ1) is 19.5. The summed E-state index contributed by atoms with van der Waals surface area (Å²) in [4.78, 5) is 11.9. The van der Waals surface area contributed by atoms with Gasteiger partial charge >= 0.3 is 5.97 Å². The molecule has 0 spiro atoms. The molecule has 1 aromatic heterocycles. The second-order valence-corrected chi connectivity index (χ2v) is 8.90. The molecule has 0 bridgehead atoms. The first-order chi connectivity index (χ1) is 13.7. The zero-order valence-corrected chi connectivity index (χ0v) is 17.3. The summed E-state index contributed by atoms with van der Waals surface area (Å²) in [6.45, 7) is 4.56. The average molecular weight is 400 g/mol. The fourth-order valence-electron chi connectivity index (χ4n) is 4.41. The summed E-state index contributed by atoms with van der Waals surface area (Å²) in [7, 11) is 0. The van der Waals surface area contributed by atoms with Crippen molar-refractivity contribution in [1.29, 1.82) is 0 Å². The van der Waals surface area contributed by atoms with Crippen molar-refractivity contribution in [2.75, 3.05) is 19.7 Å². The Hall–Kier alpha value is -1.79. The summed E-state index contributed by atoms with van der Waals surface area (Å²) >= 11 is 1.71. The monoisotopic (exact) mass is 399 g/mol. The molecule has 6 heteroatoms. The molecule has 1 aliphatic heterocycles. The summed E-state index contributed by atoms with van der Waals surface area (Å²) in [5.41, 5.74) is 2.59. The van der Waals surface area contributed by atoms with E-state index in [2.05, 4.69) is 39.8 Å². The third-order valence-electron chi connectivity index (χ3n) is 6.11. The van der Waals surface area contributed by atoms with E-state index in [4.69, 9.17) is 4.74 Å². The average Bonchev–Trinajstić information content (AvgIpc) is 3.25. The number of rotatable bonds is 5. The Kier molecular flexibility index (Phi) is 6.37. The van der Waals surface area contributed by atoms with Gasteiger partial charge in [0.05, 0.1) is 12.5 Å². The number of hydrogen-bond donors (Lipinski definition) is 1. The molecule has 1 saturated carbocycles. The van der Waals surface area contributed by atoms with E-state index in [1.807, 2.05) is 6.92 Å². The Morgan fingerprint density at radius 1 is 1.04 bits per heavy atom. The van der Waals surface area contributed by atoms with Crippen molar-refractivity contribution in [1.82, 2.24) is 15.5 Å². The van der Waals surface area contributed by atoms with Gasteiger partial charge in [0.15, 0.2) is 0 Å². The maximum Gasteiger partial charge on any atom is 0.308 e. The van der Waals surface area contributed by atoms with Crippen LogP contribution in [0.2, 0.25) is 0 Å².